The van der Waals surface area contributed by atoms with E-state index in [0.717, 1.165) is 23.4 Å². The van der Waals surface area contributed by atoms with Gasteiger partial charge < -0.3 is 9.47 Å². The van der Waals surface area contributed by atoms with Gasteiger partial charge in [0.1, 0.15) is 5.01 Å². The molecule has 0 aliphatic rings. The molecule has 0 saturated heterocycles. The van der Waals surface area contributed by atoms with E-state index < -0.39 is 0 Å². The van der Waals surface area contributed by atoms with Gasteiger partial charge in [0.15, 0.2) is 11.5 Å². The monoisotopic (exact) mass is 361 g/mol. The van der Waals surface area contributed by atoms with E-state index in [9.17, 15) is 4.79 Å². The number of rotatable bonds is 9. The molecule has 0 aliphatic heterocycles. The molecule has 2 aromatic rings. The number of nitrogens with one attached hydrogen (secondary N) is 1. The first kappa shape index (κ1) is 18.9. The molecule has 2 rings (SSSR count). The number of hydrogen-bond donors (Lipinski definition) is 1. The molecule has 0 bridgehead atoms. The van der Waals surface area contributed by atoms with Gasteiger partial charge in [0, 0.05) is 12.5 Å². The predicted molar refractivity (Wildman–Crippen MR) is 100 cm³/mol. The lowest BCUT2D eigenvalue weighted by Gasteiger charge is -2.07. The summed E-state index contributed by atoms with van der Waals surface area (Å²) in [6.07, 6.45) is 7.51. The maximum Gasteiger partial charge on any atom is 0.250 e. The number of aromatic nitrogens is 2. The van der Waals surface area contributed by atoms with Crippen molar-refractivity contribution < 1.29 is 14.3 Å². The van der Waals surface area contributed by atoms with E-state index in [1.807, 2.05) is 6.07 Å². The summed E-state index contributed by atoms with van der Waals surface area (Å²) < 4.78 is 10.4. The Morgan fingerprint density at radius 3 is 2.72 bits per heavy atom. The molecule has 1 heterocycles. The minimum absolute atomic E-state index is 0.244. The van der Waals surface area contributed by atoms with Gasteiger partial charge in [-0.25, -0.2) is 0 Å². The Morgan fingerprint density at radius 2 is 2.00 bits per heavy atom. The Bertz CT molecular complexity index is 728. The van der Waals surface area contributed by atoms with Crippen LogP contribution in [-0.4, -0.2) is 30.3 Å². The quantitative estimate of drug-likeness (QED) is 0.541. The predicted octanol–water partition coefficient (Wildman–Crippen LogP) is 3.94. The smallest absolute Gasteiger partial charge is 0.250 e. The number of anilines is 1. The highest BCUT2D eigenvalue weighted by atomic mass is 32.1. The topological polar surface area (TPSA) is 73.3 Å². The van der Waals surface area contributed by atoms with Crippen molar-refractivity contribution in [1.82, 2.24) is 10.2 Å². The fourth-order valence-corrected chi connectivity index (χ4v) is 2.99. The normalized spacial score (nSPS) is 10.8. The van der Waals surface area contributed by atoms with Crippen LogP contribution in [0.15, 0.2) is 24.3 Å². The zero-order valence-corrected chi connectivity index (χ0v) is 15.6. The molecule has 0 saturated carbocycles. The van der Waals surface area contributed by atoms with Crippen LogP contribution < -0.4 is 14.8 Å². The Hall–Kier alpha value is -2.41. The molecule has 1 aromatic carbocycles. The highest BCUT2D eigenvalue weighted by Crippen LogP contribution is 2.28. The first-order valence-corrected chi connectivity index (χ1v) is 9.01. The van der Waals surface area contributed by atoms with Gasteiger partial charge in [-0.15, -0.1) is 10.2 Å². The molecule has 0 atom stereocenters. The number of ether oxygens (including phenoxy) is 2. The lowest BCUT2D eigenvalue weighted by Crippen LogP contribution is -2.07. The van der Waals surface area contributed by atoms with Crippen LogP contribution in [0.4, 0.5) is 5.13 Å². The third-order valence-corrected chi connectivity index (χ3v) is 4.42. The number of unbranched alkanes of at least 4 members (excludes halogenated alkanes) is 2. The van der Waals surface area contributed by atoms with Crippen LogP contribution in [0.25, 0.3) is 6.08 Å². The number of carbonyl (C=O) groups excluding carboxylic acids is 1. The first-order chi connectivity index (χ1) is 12.2. The van der Waals surface area contributed by atoms with Crippen LogP contribution in [0, 0.1) is 0 Å². The maximum absolute atomic E-state index is 12.0. The first-order valence-electron chi connectivity index (χ1n) is 8.19. The standard InChI is InChI=1S/C18H23N3O3S/c1-4-5-6-7-17-20-21-18(25-17)19-16(22)11-9-13-8-10-14(23-2)15(12-13)24-3/h8-12H,4-7H2,1-3H3,(H,19,21,22). The molecule has 0 spiro atoms. The highest BCUT2D eigenvalue weighted by Gasteiger charge is 2.07. The molecule has 1 amide bonds. The van der Waals surface area contributed by atoms with Crippen molar-refractivity contribution in [3.63, 3.8) is 0 Å². The molecule has 0 unspecified atom stereocenters. The maximum atomic E-state index is 12.0. The summed E-state index contributed by atoms with van der Waals surface area (Å²) >= 11 is 1.42. The number of nitrogens with zero attached hydrogens (tertiary/aromatic N) is 2. The molecule has 25 heavy (non-hydrogen) atoms. The van der Waals surface area contributed by atoms with Crippen molar-refractivity contribution in [1.29, 1.82) is 0 Å². The lowest BCUT2D eigenvalue weighted by atomic mass is 10.2. The van der Waals surface area contributed by atoms with E-state index in [0.29, 0.717) is 16.6 Å². The van der Waals surface area contributed by atoms with Crippen LogP contribution >= 0.6 is 11.3 Å². The van der Waals surface area contributed by atoms with Crippen LogP contribution in [0.2, 0.25) is 0 Å². The number of hydrogen-bond acceptors (Lipinski definition) is 6. The van der Waals surface area contributed by atoms with Gasteiger partial charge in [0.25, 0.3) is 0 Å². The van der Waals surface area contributed by atoms with Crippen LogP contribution in [-0.2, 0) is 11.2 Å². The molecule has 1 N–H and O–H groups in total. The molecule has 0 aliphatic carbocycles. The summed E-state index contributed by atoms with van der Waals surface area (Å²) in [7, 11) is 3.16. The van der Waals surface area contributed by atoms with Gasteiger partial charge in [-0.2, -0.15) is 0 Å². The van der Waals surface area contributed by atoms with Gasteiger partial charge in [0.2, 0.25) is 11.0 Å². The fourth-order valence-electron chi connectivity index (χ4n) is 2.21. The van der Waals surface area contributed by atoms with Crippen LogP contribution in [0.3, 0.4) is 0 Å². The zero-order chi connectivity index (χ0) is 18.1. The molecule has 7 heteroatoms. The van der Waals surface area contributed by atoms with Gasteiger partial charge in [-0.3, -0.25) is 10.1 Å². The number of aryl methyl sites for hydroxylation is 1. The highest BCUT2D eigenvalue weighted by molar-refractivity contribution is 7.15. The van der Waals surface area contributed by atoms with Crippen molar-refractivity contribution in [3.05, 3.63) is 34.8 Å². The molecule has 1 aromatic heterocycles. The Kier molecular flexibility index (Phi) is 7.40. The number of amides is 1. The third kappa shape index (κ3) is 5.86. The Labute approximate surface area is 151 Å². The van der Waals surface area contributed by atoms with E-state index in [-0.39, 0.29) is 5.91 Å². The summed E-state index contributed by atoms with van der Waals surface area (Å²) in [5.41, 5.74) is 0.838. The summed E-state index contributed by atoms with van der Waals surface area (Å²) in [5, 5.41) is 12.3. The molecule has 0 radical (unpaired) electrons. The zero-order valence-electron chi connectivity index (χ0n) is 14.7. The molecular weight excluding hydrogens is 338 g/mol. The lowest BCUT2D eigenvalue weighted by molar-refractivity contribution is -0.111. The van der Waals surface area contributed by atoms with Crippen molar-refractivity contribution >= 4 is 28.5 Å². The van der Waals surface area contributed by atoms with Gasteiger partial charge in [-0.1, -0.05) is 37.2 Å². The van der Waals surface area contributed by atoms with E-state index in [4.69, 9.17) is 9.47 Å². The van der Waals surface area contributed by atoms with Crippen molar-refractivity contribution in [2.24, 2.45) is 0 Å². The average Bonchev–Trinajstić information content (AvgIpc) is 3.07. The van der Waals surface area contributed by atoms with Gasteiger partial charge in [0.05, 0.1) is 14.2 Å². The van der Waals surface area contributed by atoms with E-state index >= 15 is 0 Å². The molecular formula is C18H23N3O3S. The van der Waals surface area contributed by atoms with E-state index in [2.05, 4.69) is 22.4 Å². The number of benzene rings is 1. The third-order valence-electron chi connectivity index (χ3n) is 3.53. The minimum Gasteiger partial charge on any atom is -0.493 e. The number of carbonyl (C=O) groups is 1. The molecule has 134 valence electrons. The van der Waals surface area contributed by atoms with Crippen molar-refractivity contribution in [3.8, 4) is 11.5 Å². The van der Waals surface area contributed by atoms with Gasteiger partial charge >= 0.3 is 0 Å². The average molecular weight is 361 g/mol. The Morgan fingerprint density at radius 1 is 1.20 bits per heavy atom. The summed E-state index contributed by atoms with van der Waals surface area (Å²) in [6.45, 7) is 2.16. The number of methoxy groups -OCH3 is 2. The van der Waals surface area contributed by atoms with Crippen LogP contribution in [0.1, 0.15) is 36.8 Å². The minimum atomic E-state index is -0.244. The molecule has 6 nitrogen and oxygen atoms in total. The Balaban J connectivity index is 1.92. The SMILES string of the molecule is CCCCCc1nnc(NC(=O)C=Cc2ccc(OC)c(OC)c2)s1. The summed E-state index contributed by atoms with van der Waals surface area (Å²) in [6, 6.07) is 5.45. The fraction of sp³-hybridized carbons (Fsp3) is 0.389. The second-order valence-electron chi connectivity index (χ2n) is 5.40. The molecule has 0 fully saturated rings. The van der Waals surface area contributed by atoms with Crippen LogP contribution in [0.5, 0.6) is 11.5 Å². The summed E-state index contributed by atoms with van der Waals surface area (Å²) in [5.74, 6) is 1.02. The van der Waals surface area contributed by atoms with E-state index in [1.165, 1.54) is 30.3 Å². The van der Waals surface area contributed by atoms with Gasteiger partial charge in [-0.05, 0) is 30.2 Å². The largest absolute Gasteiger partial charge is 0.493 e. The summed E-state index contributed by atoms with van der Waals surface area (Å²) in [4.78, 5) is 12.0. The second kappa shape index (κ2) is 9.78. The van der Waals surface area contributed by atoms with Crippen molar-refractivity contribution in [2.45, 2.75) is 32.6 Å². The van der Waals surface area contributed by atoms with Crippen molar-refractivity contribution in [2.75, 3.05) is 19.5 Å². The second-order valence-corrected chi connectivity index (χ2v) is 6.46. The van der Waals surface area contributed by atoms with E-state index in [1.54, 1.807) is 32.4 Å².